The highest BCUT2D eigenvalue weighted by Gasteiger charge is 2.31. The first-order valence-electron chi connectivity index (χ1n) is 8.14. The highest BCUT2D eigenvalue weighted by atomic mass is 35.5. The lowest BCUT2D eigenvalue weighted by molar-refractivity contribution is 0.0515. The number of nitrogens with zero attached hydrogens (tertiary/aromatic N) is 4. The lowest BCUT2D eigenvalue weighted by Gasteiger charge is -2.40. The molecule has 0 aromatic carbocycles. The summed E-state index contributed by atoms with van der Waals surface area (Å²) >= 11 is 6.00. The van der Waals surface area contributed by atoms with Gasteiger partial charge in [0.05, 0.1) is 5.52 Å². The third-order valence-electron chi connectivity index (χ3n) is 4.85. The van der Waals surface area contributed by atoms with E-state index in [2.05, 4.69) is 23.8 Å². The van der Waals surface area contributed by atoms with Crippen molar-refractivity contribution in [3.63, 3.8) is 0 Å². The molecule has 1 fully saturated rings. The van der Waals surface area contributed by atoms with Gasteiger partial charge in [-0.25, -0.2) is 4.52 Å². The summed E-state index contributed by atoms with van der Waals surface area (Å²) in [4.78, 5) is 17.1. The number of hydrogen-bond acceptors (Lipinski definition) is 3. The summed E-state index contributed by atoms with van der Waals surface area (Å²) in [5.74, 6) is 0.441. The summed E-state index contributed by atoms with van der Waals surface area (Å²) in [5.41, 5.74) is 1.31. The van der Waals surface area contributed by atoms with Crippen LogP contribution in [-0.2, 0) is 0 Å². The van der Waals surface area contributed by atoms with Crippen molar-refractivity contribution in [1.29, 1.82) is 0 Å². The smallest absolute Gasteiger partial charge is 0.274 e. The fourth-order valence-corrected chi connectivity index (χ4v) is 3.65. The minimum absolute atomic E-state index is 0.0216. The van der Waals surface area contributed by atoms with Crippen molar-refractivity contribution in [2.75, 3.05) is 26.7 Å². The standard InChI is InChI=1S/C17H23ClN4O/c1-4-21-7-6-16(12(2)11-21)20(3)17(23)15-10-14-9-13(18)5-8-22(14)19-15/h5,8-10,12,16H,4,6-7,11H2,1-3H3/t12-,16+/m0/s1. The Balaban J connectivity index is 1.78. The summed E-state index contributed by atoms with van der Waals surface area (Å²) in [7, 11) is 1.89. The number of rotatable bonds is 3. The van der Waals surface area contributed by atoms with Crippen LogP contribution < -0.4 is 0 Å². The maximum absolute atomic E-state index is 12.8. The number of fused-ring (bicyclic) bond motifs is 1. The fraction of sp³-hybridized carbons (Fsp3) is 0.529. The van der Waals surface area contributed by atoms with Crippen LogP contribution in [0.3, 0.4) is 0 Å². The van der Waals surface area contributed by atoms with Crippen molar-refractivity contribution in [2.24, 2.45) is 5.92 Å². The van der Waals surface area contributed by atoms with Crippen LogP contribution in [0.1, 0.15) is 30.8 Å². The van der Waals surface area contributed by atoms with Gasteiger partial charge in [-0.05, 0) is 37.1 Å². The van der Waals surface area contributed by atoms with E-state index in [1.165, 1.54) is 0 Å². The normalized spacial score (nSPS) is 22.4. The molecule has 1 amide bonds. The third kappa shape index (κ3) is 3.21. The number of piperidine rings is 1. The SMILES string of the molecule is CCN1CC[C@@H](N(C)C(=O)c2cc3cc(Cl)ccn3n2)[C@@H](C)C1. The maximum Gasteiger partial charge on any atom is 0.274 e. The second kappa shape index (κ2) is 6.49. The van der Waals surface area contributed by atoms with Gasteiger partial charge in [-0.3, -0.25) is 4.79 Å². The van der Waals surface area contributed by atoms with E-state index in [9.17, 15) is 4.79 Å². The van der Waals surface area contributed by atoms with Gasteiger partial charge >= 0.3 is 0 Å². The number of halogens is 1. The van der Waals surface area contributed by atoms with Crippen molar-refractivity contribution in [1.82, 2.24) is 19.4 Å². The molecule has 0 saturated carbocycles. The highest BCUT2D eigenvalue weighted by molar-refractivity contribution is 6.30. The minimum Gasteiger partial charge on any atom is -0.337 e. The van der Waals surface area contributed by atoms with Crippen LogP contribution >= 0.6 is 11.6 Å². The Morgan fingerprint density at radius 2 is 2.26 bits per heavy atom. The molecule has 1 aliphatic rings. The monoisotopic (exact) mass is 334 g/mol. The molecule has 0 N–H and O–H groups in total. The second-order valence-electron chi connectivity index (χ2n) is 6.39. The van der Waals surface area contributed by atoms with Gasteiger partial charge < -0.3 is 9.80 Å². The Morgan fingerprint density at radius 1 is 1.48 bits per heavy atom. The summed E-state index contributed by atoms with van der Waals surface area (Å²) < 4.78 is 1.69. The van der Waals surface area contributed by atoms with E-state index in [4.69, 9.17) is 11.6 Å². The van der Waals surface area contributed by atoms with E-state index in [-0.39, 0.29) is 11.9 Å². The molecule has 0 aliphatic carbocycles. The zero-order chi connectivity index (χ0) is 16.6. The largest absolute Gasteiger partial charge is 0.337 e. The van der Waals surface area contributed by atoms with Crippen LogP contribution in [-0.4, -0.2) is 58.0 Å². The molecule has 2 atom stereocenters. The van der Waals surface area contributed by atoms with Gasteiger partial charge in [0.1, 0.15) is 0 Å². The van der Waals surface area contributed by atoms with E-state index in [1.807, 2.05) is 18.0 Å². The molecule has 0 unspecified atom stereocenters. The predicted molar refractivity (Wildman–Crippen MR) is 92.0 cm³/mol. The summed E-state index contributed by atoms with van der Waals surface area (Å²) in [5, 5.41) is 5.03. The molecule has 0 bridgehead atoms. The molecule has 6 heteroatoms. The topological polar surface area (TPSA) is 40.9 Å². The number of amides is 1. The van der Waals surface area contributed by atoms with Crippen LogP contribution in [0.5, 0.6) is 0 Å². The Hall–Kier alpha value is -1.59. The Kier molecular flexibility index (Phi) is 4.60. The Morgan fingerprint density at radius 3 is 2.96 bits per heavy atom. The molecular weight excluding hydrogens is 312 g/mol. The third-order valence-corrected chi connectivity index (χ3v) is 5.09. The van der Waals surface area contributed by atoms with Crippen molar-refractivity contribution in [3.8, 4) is 0 Å². The van der Waals surface area contributed by atoms with Crippen LogP contribution in [0.15, 0.2) is 24.4 Å². The van der Waals surface area contributed by atoms with Crippen molar-refractivity contribution in [3.05, 3.63) is 35.1 Å². The van der Waals surface area contributed by atoms with E-state index in [0.717, 1.165) is 31.6 Å². The first-order chi connectivity index (χ1) is 11.0. The fourth-order valence-electron chi connectivity index (χ4n) is 3.49. The van der Waals surface area contributed by atoms with Crippen LogP contribution in [0.25, 0.3) is 5.52 Å². The lowest BCUT2D eigenvalue weighted by atomic mass is 9.92. The maximum atomic E-state index is 12.8. The van der Waals surface area contributed by atoms with Crippen molar-refractivity contribution in [2.45, 2.75) is 26.3 Å². The van der Waals surface area contributed by atoms with E-state index in [0.29, 0.717) is 16.6 Å². The molecular formula is C17H23ClN4O. The number of aromatic nitrogens is 2. The molecule has 2 aromatic heterocycles. The molecule has 3 rings (SSSR count). The summed E-state index contributed by atoms with van der Waals surface area (Å²) in [6.45, 7) is 7.56. The lowest BCUT2D eigenvalue weighted by Crippen LogP contribution is -2.50. The summed E-state index contributed by atoms with van der Waals surface area (Å²) in [6.07, 6.45) is 2.78. The van der Waals surface area contributed by atoms with E-state index in [1.54, 1.807) is 22.8 Å². The Bertz CT molecular complexity index is 714. The predicted octanol–water partition coefficient (Wildman–Crippen LogP) is 2.79. The zero-order valence-electron chi connectivity index (χ0n) is 13.9. The first kappa shape index (κ1) is 16.3. The minimum atomic E-state index is -0.0216. The van der Waals surface area contributed by atoms with E-state index < -0.39 is 0 Å². The average Bonchev–Trinajstić information content (AvgIpc) is 2.96. The quantitative estimate of drug-likeness (QED) is 0.866. The molecule has 3 heterocycles. The van der Waals surface area contributed by atoms with Crippen molar-refractivity contribution < 1.29 is 4.79 Å². The van der Waals surface area contributed by atoms with Gasteiger partial charge in [0.25, 0.3) is 5.91 Å². The Labute approximate surface area is 141 Å². The zero-order valence-corrected chi connectivity index (χ0v) is 14.6. The molecule has 5 nitrogen and oxygen atoms in total. The molecule has 0 radical (unpaired) electrons. The van der Waals surface area contributed by atoms with Crippen LogP contribution in [0, 0.1) is 5.92 Å². The van der Waals surface area contributed by atoms with Gasteiger partial charge in [0.2, 0.25) is 0 Å². The number of carbonyl (C=O) groups excluding carboxylic acids is 1. The van der Waals surface area contributed by atoms with Crippen LogP contribution in [0.2, 0.25) is 5.02 Å². The summed E-state index contributed by atoms with van der Waals surface area (Å²) in [6, 6.07) is 5.64. The van der Waals surface area contributed by atoms with Crippen molar-refractivity contribution >= 4 is 23.0 Å². The average molecular weight is 335 g/mol. The second-order valence-corrected chi connectivity index (χ2v) is 6.82. The first-order valence-corrected chi connectivity index (χ1v) is 8.52. The van der Waals surface area contributed by atoms with Gasteiger partial charge in [-0.15, -0.1) is 0 Å². The molecule has 0 spiro atoms. The van der Waals surface area contributed by atoms with Gasteiger partial charge in [0, 0.05) is 37.4 Å². The number of hydrogen-bond donors (Lipinski definition) is 0. The van der Waals surface area contributed by atoms with Gasteiger partial charge in [-0.1, -0.05) is 25.4 Å². The van der Waals surface area contributed by atoms with Gasteiger partial charge in [0.15, 0.2) is 5.69 Å². The van der Waals surface area contributed by atoms with Gasteiger partial charge in [-0.2, -0.15) is 5.10 Å². The molecule has 2 aromatic rings. The highest BCUT2D eigenvalue weighted by Crippen LogP contribution is 2.23. The molecule has 1 aliphatic heterocycles. The number of pyridine rings is 1. The molecule has 23 heavy (non-hydrogen) atoms. The van der Waals surface area contributed by atoms with E-state index >= 15 is 0 Å². The number of likely N-dealkylation sites (tertiary alicyclic amines) is 1. The van der Waals surface area contributed by atoms with Crippen LogP contribution in [0.4, 0.5) is 0 Å². The molecule has 1 saturated heterocycles. The molecule has 124 valence electrons. The number of carbonyl (C=O) groups is 1.